The minimum atomic E-state index is -0.344. The van der Waals surface area contributed by atoms with Crippen molar-refractivity contribution in [1.29, 1.82) is 0 Å². The lowest BCUT2D eigenvalue weighted by molar-refractivity contribution is 0.0913. The SMILES string of the molecule is COc1ccc(-n2ncc3c2CC(C)(C)C[C@H]3NC(=O)c2ccc(=O)[nH]n2)cc1. The predicted octanol–water partition coefficient (Wildman–Crippen LogP) is 2.41. The Morgan fingerprint density at radius 2 is 2.00 bits per heavy atom. The molecule has 2 N–H and O–H groups in total. The fourth-order valence-corrected chi connectivity index (χ4v) is 3.82. The number of aromatic amines is 1. The number of H-pyrrole nitrogens is 1. The number of hydrogen-bond acceptors (Lipinski definition) is 5. The average molecular weight is 393 g/mol. The molecule has 1 aliphatic rings. The summed E-state index contributed by atoms with van der Waals surface area (Å²) in [6, 6.07) is 10.2. The van der Waals surface area contributed by atoms with Crippen LogP contribution in [0.1, 0.15) is 48.1 Å². The number of nitrogens with zero attached hydrogens (tertiary/aromatic N) is 3. The van der Waals surface area contributed by atoms with E-state index in [9.17, 15) is 9.59 Å². The number of hydrogen-bond donors (Lipinski definition) is 2. The minimum Gasteiger partial charge on any atom is -0.497 e. The molecule has 0 bridgehead atoms. The quantitative estimate of drug-likeness (QED) is 0.709. The summed E-state index contributed by atoms with van der Waals surface area (Å²) < 4.78 is 7.16. The van der Waals surface area contributed by atoms with Crippen LogP contribution in [-0.4, -0.2) is 33.0 Å². The highest BCUT2D eigenvalue weighted by atomic mass is 16.5. The third-order valence-corrected chi connectivity index (χ3v) is 5.21. The van der Waals surface area contributed by atoms with Crippen LogP contribution in [0.5, 0.6) is 5.75 Å². The van der Waals surface area contributed by atoms with E-state index in [0.29, 0.717) is 0 Å². The molecule has 1 atom stereocenters. The fraction of sp³-hybridized carbons (Fsp3) is 0.333. The molecule has 0 saturated heterocycles. The molecule has 0 fully saturated rings. The summed E-state index contributed by atoms with van der Waals surface area (Å²) in [5.74, 6) is 0.459. The molecular formula is C21H23N5O3. The number of rotatable bonds is 4. The van der Waals surface area contributed by atoms with E-state index in [1.54, 1.807) is 7.11 Å². The van der Waals surface area contributed by atoms with Gasteiger partial charge in [-0.2, -0.15) is 10.2 Å². The van der Waals surface area contributed by atoms with Gasteiger partial charge in [0.05, 0.1) is 30.7 Å². The van der Waals surface area contributed by atoms with Gasteiger partial charge in [0.1, 0.15) is 11.4 Å². The highest BCUT2D eigenvalue weighted by molar-refractivity contribution is 5.92. The first-order valence-electron chi connectivity index (χ1n) is 9.44. The van der Waals surface area contributed by atoms with Gasteiger partial charge in [-0.25, -0.2) is 9.78 Å². The van der Waals surface area contributed by atoms with E-state index >= 15 is 0 Å². The third-order valence-electron chi connectivity index (χ3n) is 5.21. The molecule has 8 nitrogen and oxygen atoms in total. The molecule has 1 amide bonds. The molecule has 2 heterocycles. The second-order valence-corrected chi connectivity index (χ2v) is 8.03. The van der Waals surface area contributed by atoms with Crippen LogP contribution < -0.4 is 15.6 Å². The molecule has 0 aliphatic heterocycles. The normalized spacial score (nSPS) is 17.4. The van der Waals surface area contributed by atoms with E-state index in [1.165, 1.54) is 12.1 Å². The van der Waals surface area contributed by atoms with E-state index in [4.69, 9.17) is 4.74 Å². The molecule has 1 aliphatic carbocycles. The molecule has 4 rings (SSSR count). The van der Waals surface area contributed by atoms with E-state index in [1.807, 2.05) is 35.1 Å². The van der Waals surface area contributed by atoms with Crippen LogP contribution in [0.15, 0.2) is 47.4 Å². The van der Waals surface area contributed by atoms with Crippen LogP contribution in [0.4, 0.5) is 0 Å². The molecule has 0 saturated carbocycles. The molecule has 150 valence electrons. The number of carbonyl (C=O) groups is 1. The zero-order valence-corrected chi connectivity index (χ0v) is 16.6. The van der Waals surface area contributed by atoms with Crippen LogP contribution in [0.25, 0.3) is 5.69 Å². The van der Waals surface area contributed by atoms with Crippen LogP contribution in [0.2, 0.25) is 0 Å². The van der Waals surface area contributed by atoms with Gasteiger partial charge in [-0.1, -0.05) is 13.8 Å². The number of carbonyl (C=O) groups excluding carboxylic acids is 1. The van der Waals surface area contributed by atoms with E-state index in [2.05, 4.69) is 34.5 Å². The summed E-state index contributed by atoms with van der Waals surface area (Å²) in [6.07, 6.45) is 3.45. The maximum Gasteiger partial charge on any atom is 0.272 e. The van der Waals surface area contributed by atoms with Crippen molar-refractivity contribution in [2.45, 2.75) is 32.7 Å². The average Bonchev–Trinajstić information content (AvgIpc) is 3.11. The van der Waals surface area contributed by atoms with Crippen molar-refractivity contribution in [1.82, 2.24) is 25.3 Å². The highest BCUT2D eigenvalue weighted by Crippen LogP contribution is 2.41. The predicted molar refractivity (Wildman–Crippen MR) is 107 cm³/mol. The number of amides is 1. The number of fused-ring (bicyclic) bond motifs is 1. The van der Waals surface area contributed by atoms with Gasteiger partial charge in [0.2, 0.25) is 0 Å². The standard InChI is InChI=1S/C21H23N5O3/c1-21(2)10-17(23-20(28)16-8-9-19(27)25-24-16)15-12-22-26(18(15)11-21)13-4-6-14(29-3)7-5-13/h4-9,12,17H,10-11H2,1-3H3,(H,23,28)(H,25,27)/t17-/m1/s1. The number of aromatic nitrogens is 4. The van der Waals surface area contributed by atoms with Crippen molar-refractivity contribution in [3.05, 3.63) is 69.9 Å². The third kappa shape index (κ3) is 3.78. The van der Waals surface area contributed by atoms with Gasteiger partial charge < -0.3 is 10.1 Å². The number of nitrogens with one attached hydrogen (secondary N) is 2. The summed E-state index contributed by atoms with van der Waals surface area (Å²) >= 11 is 0. The Hall–Kier alpha value is -3.42. The van der Waals surface area contributed by atoms with Gasteiger partial charge in [0.25, 0.3) is 11.5 Å². The number of ether oxygens (including phenoxy) is 1. The monoisotopic (exact) mass is 393 g/mol. The molecule has 3 aromatic rings. The summed E-state index contributed by atoms with van der Waals surface area (Å²) in [7, 11) is 1.64. The maximum atomic E-state index is 12.7. The van der Waals surface area contributed by atoms with Gasteiger partial charge in [0.15, 0.2) is 0 Å². The minimum absolute atomic E-state index is 0.0202. The first kappa shape index (κ1) is 18.9. The van der Waals surface area contributed by atoms with Crippen LogP contribution in [-0.2, 0) is 6.42 Å². The van der Waals surface area contributed by atoms with Gasteiger partial charge in [-0.3, -0.25) is 9.59 Å². The summed E-state index contributed by atoms with van der Waals surface area (Å²) in [4.78, 5) is 23.8. The van der Waals surface area contributed by atoms with E-state index in [-0.39, 0.29) is 28.6 Å². The number of methoxy groups -OCH3 is 1. The van der Waals surface area contributed by atoms with Gasteiger partial charge in [-0.15, -0.1) is 0 Å². The van der Waals surface area contributed by atoms with Gasteiger partial charge in [0, 0.05) is 11.6 Å². The van der Waals surface area contributed by atoms with Crippen LogP contribution in [0.3, 0.4) is 0 Å². The molecular weight excluding hydrogens is 370 g/mol. The zero-order valence-electron chi connectivity index (χ0n) is 16.6. The Labute approximate surface area is 167 Å². The lowest BCUT2D eigenvalue weighted by Crippen LogP contribution is -2.37. The smallest absolute Gasteiger partial charge is 0.272 e. The molecule has 29 heavy (non-hydrogen) atoms. The van der Waals surface area contributed by atoms with E-state index < -0.39 is 0 Å². The Balaban J connectivity index is 1.66. The largest absolute Gasteiger partial charge is 0.497 e. The van der Waals surface area contributed by atoms with Crippen LogP contribution in [0, 0.1) is 5.41 Å². The Kier molecular flexibility index (Phi) is 4.70. The molecule has 0 radical (unpaired) electrons. The second-order valence-electron chi connectivity index (χ2n) is 8.03. The van der Waals surface area contributed by atoms with Crippen molar-refractivity contribution >= 4 is 5.91 Å². The van der Waals surface area contributed by atoms with Crippen molar-refractivity contribution < 1.29 is 9.53 Å². The van der Waals surface area contributed by atoms with Crippen molar-refractivity contribution in [3.8, 4) is 11.4 Å². The fourth-order valence-electron chi connectivity index (χ4n) is 3.82. The Bertz CT molecular complexity index is 1080. The molecule has 0 unspecified atom stereocenters. The first-order valence-corrected chi connectivity index (χ1v) is 9.44. The topological polar surface area (TPSA) is 102 Å². The van der Waals surface area contributed by atoms with Crippen molar-refractivity contribution in [3.63, 3.8) is 0 Å². The molecule has 2 aromatic heterocycles. The van der Waals surface area contributed by atoms with Gasteiger partial charge >= 0.3 is 0 Å². The molecule has 0 spiro atoms. The Morgan fingerprint density at radius 3 is 2.66 bits per heavy atom. The lowest BCUT2D eigenvalue weighted by Gasteiger charge is -2.35. The van der Waals surface area contributed by atoms with E-state index in [0.717, 1.165) is 35.5 Å². The van der Waals surface area contributed by atoms with Gasteiger partial charge in [-0.05, 0) is 48.6 Å². The zero-order chi connectivity index (χ0) is 20.6. The Morgan fingerprint density at radius 1 is 1.24 bits per heavy atom. The van der Waals surface area contributed by atoms with Crippen molar-refractivity contribution in [2.24, 2.45) is 5.41 Å². The van der Waals surface area contributed by atoms with Crippen LogP contribution >= 0.6 is 0 Å². The summed E-state index contributed by atoms with van der Waals surface area (Å²) in [6.45, 7) is 4.36. The summed E-state index contributed by atoms with van der Waals surface area (Å²) in [5, 5.41) is 13.8. The van der Waals surface area contributed by atoms with Crippen molar-refractivity contribution in [2.75, 3.05) is 7.11 Å². The molecule has 1 aromatic carbocycles. The number of benzene rings is 1. The first-order chi connectivity index (χ1) is 13.9. The summed E-state index contributed by atoms with van der Waals surface area (Å²) in [5.41, 5.74) is 2.83. The molecule has 8 heteroatoms. The highest BCUT2D eigenvalue weighted by Gasteiger charge is 2.36. The lowest BCUT2D eigenvalue weighted by atomic mass is 9.74. The second kappa shape index (κ2) is 7.20. The maximum absolute atomic E-state index is 12.7.